The number of rotatable bonds is 6. The fourth-order valence-corrected chi connectivity index (χ4v) is 4.31. The predicted octanol–water partition coefficient (Wildman–Crippen LogP) is 4.97. The SMILES string of the molecule is Cc1cccc(C(=O)N(CCCN(C)C)c2nc3ccc(Br)cc3s2)c1. The molecule has 136 valence electrons. The van der Waals surface area contributed by atoms with Crippen LogP contribution in [0.25, 0.3) is 10.2 Å². The molecule has 0 bridgehead atoms. The zero-order chi connectivity index (χ0) is 18.7. The molecule has 0 aliphatic rings. The molecular formula is C20H22BrN3OS. The van der Waals surface area contributed by atoms with Crippen LogP contribution in [0.4, 0.5) is 5.13 Å². The summed E-state index contributed by atoms with van der Waals surface area (Å²) in [4.78, 5) is 21.8. The second-order valence-corrected chi connectivity index (χ2v) is 8.52. The van der Waals surface area contributed by atoms with Gasteiger partial charge in [-0.15, -0.1) is 0 Å². The molecule has 26 heavy (non-hydrogen) atoms. The zero-order valence-corrected chi connectivity index (χ0v) is 17.6. The van der Waals surface area contributed by atoms with E-state index in [-0.39, 0.29) is 5.91 Å². The Hall–Kier alpha value is -1.76. The number of carbonyl (C=O) groups is 1. The Kier molecular flexibility index (Phi) is 6.06. The standard InChI is InChI=1S/C20H22BrN3OS/c1-14-6-4-7-15(12-14)19(25)24(11-5-10-23(2)3)20-22-17-9-8-16(21)13-18(17)26-20/h4,6-9,12-13H,5,10-11H2,1-3H3. The van der Waals surface area contributed by atoms with Crippen LogP contribution in [0.2, 0.25) is 0 Å². The molecule has 2 aromatic carbocycles. The van der Waals surface area contributed by atoms with Crippen LogP contribution in [0.3, 0.4) is 0 Å². The van der Waals surface area contributed by atoms with Crippen molar-refractivity contribution in [3.63, 3.8) is 0 Å². The Morgan fingerprint density at radius 2 is 1.96 bits per heavy atom. The number of amides is 1. The van der Waals surface area contributed by atoms with E-state index in [1.54, 1.807) is 11.3 Å². The molecule has 0 radical (unpaired) electrons. The summed E-state index contributed by atoms with van der Waals surface area (Å²) in [6.45, 7) is 3.57. The Labute approximate surface area is 166 Å². The van der Waals surface area contributed by atoms with E-state index in [0.717, 1.165) is 38.3 Å². The van der Waals surface area contributed by atoms with Crippen molar-refractivity contribution in [3.8, 4) is 0 Å². The van der Waals surface area contributed by atoms with Gasteiger partial charge in [0.2, 0.25) is 0 Å². The number of thiazole rings is 1. The highest BCUT2D eigenvalue weighted by Gasteiger charge is 2.21. The second-order valence-electron chi connectivity index (χ2n) is 6.59. The third-order valence-corrected chi connectivity index (χ3v) is 5.60. The third-order valence-electron chi connectivity index (χ3n) is 4.07. The molecule has 3 aromatic rings. The van der Waals surface area contributed by atoms with Crippen LogP contribution in [0, 0.1) is 6.92 Å². The first-order valence-electron chi connectivity index (χ1n) is 8.53. The van der Waals surface area contributed by atoms with Crippen LogP contribution in [-0.4, -0.2) is 43.0 Å². The van der Waals surface area contributed by atoms with Gasteiger partial charge in [0.05, 0.1) is 10.2 Å². The quantitative estimate of drug-likeness (QED) is 0.552. The van der Waals surface area contributed by atoms with Crippen LogP contribution in [0.15, 0.2) is 46.9 Å². The average molecular weight is 432 g/mol. The summed E-state index contributed by atoms with van der Waals surface area (Å²) in [5, 5.41) is 0.753. The van der Waals surface area contributed by atoms with Crippen molar-refractivity contribution in [2.24, 2.45) is 0 Å². The first kappa shape index (κ1) is 19.0. The summed E-state index contributed by atoms with van der Waals surface area (Å²) in [7, 11) is 4.09. The molecule has 0 unspecified atom stereocenters. The molecule has 1 aromatic heterocycles. The number of fused-ring (bicyclic) bond motifs is 1. The molecule has 0 aliphatic carbocycles. The van der Waals surface area contributed by atoms with Crippen molar-refractivity contribution in [1.29, 1.82) is 0 Å². The van der Waals surface area contributed by atoms with Crippen molar-refractivity contribution in [2.45, 2.75) is 13.3 Å². The number of carbonyl (C=O) groups excluding carboxylic acids is 1. The average Bonchev–Trinajstić information content (AvgIpc) is 3.00. The van der Waals surface area contributed by atoms with Gasteiger partial charge in [-0.25, -0.2) is 4.98 Å². The van der Waals surface area contributed by atoms with Crippen molar-refractivity contribution in [3.05, 3.63) is 58.1 Å². The lowest BCUT2D eigenvalue weighted by Crippen LogP contribution is -2.33. The van der Waals surface area contributed by atoms with Gasteiger partial charge in [0.1, 0.15) is 0 Å². The van der Waals surface area contributed by atoms with Gasteiger partial charge in [0.25, 0.3) is 5.91 Å². The van der Waals surface area contributed by atoms with Crippen molar-refractivity contribution in [2.75, 3.05) is 32.1 Å². The fraction of sp³-hybridized carbons (Fsp3) is 0.300. The predicted molar refractivity (Wildman–Crippen MR) is 113 cm³/mol. The van der Waals surface area contributed by atoms with E-state index in [1.165, 1.54) is 0 Å². The number of aryl methyl sites for hydroxylation is 1. The maximum atomic E-state index is 13.2. The smallest absolute Gasteiger partial charge is 0.260 e. The lowest BCUT2D eigenvalue weighted by atomic mass is 10.1. The summed E-state index contributed by atoms with van der Waals surface area (Å²) in [5.41, 5.74) is 2.70. The minimum Gasteiger partial charge on any atom is -0.309 e. The Morgan fingerprint density at radius 3 is 2.69 bits per heavy atom. The largest absolute Gasteiger partial charge is 0.309 e. The molecular weight excluding hydrogens is 410 g/mol. The van der Waals surface area contributed by atoms with E-state index in [9.17, 15) is 4.79 Å². The second kappa shape index (κ2) is 8.29. The molecule has 6 heteroatoms. The molecule has 0 spiro atoms. The Balaban J connectivity index is 1.94. The topological polar surface area (TPSA) is 36.4 Å². The van der Waals surface area contributed by atoms with Gasteiger partial charge in [-0.1, -0.05) is 45.0 Å². The fourth-order valence-electron chi connectivity index (χ4n) is 2.76. The molecule has 0 N–H and O–H groups in total. The van der Waals surface area contributed by atoms with Gasteiger partial charge in [0.15, 0.2) is 5.13 Å². The Morgan fingerprint density at radius 1 is 1.15 bits per heavy atom. The number of nitrogens with zero attached hydrogens (tertiary/aromatic N) is 3. The van der Waals surface area contributed by atoms with Gasteiger partial charge < -0.3 is 4.90 Å². The van der Waals surface area contributed by atoms with Crippen molar-refractivity contribution in [1.82, 2.24) is 9.88 Å². The summed E-state index contributed by atoms with van der Waals surface area (Å²) in [5.74, 6) is 0.00516. The molecule has 4 nitrogen and oxygen atoms in total. The highest BCUT2D eigenvalue weighted by atomic mass is 79.9. The minimum atomic E-state index is 0.00516. The monoisotopic (exact) mass is 431 g/mol. The van der Waals surface area contributed by atoms with E-state index < -0.39 is 0 Å². The molecule has 0 fully saturated rings. The van der Waals surface area contributed by atoms with Crippen LogP contribution in [0.1, 0.15) is 22.3 Å². The summed E-state index contributed by atoms with van der Waals surface area (Å²) in [6.07, 6.45) is 0.893. The van der Waals surface area contributed by atoms with Gasteiger partial charge in [0, 0.05) is 16.6 Å². The molecule has 1 amide bonds. The van der Waals surface area contributed by atoms with E-state index in [2.05, 4.69) is 20.8 Å². The van der Waals surface area contributed by atoms with Crippen LogP contribution < -0.4 is 4.90 Å². The van der Waals surface area contributed by atoms with Gasteiger partial charge in [-0.3, -0.25) is 9.69 Å². The first-order chi connectivity index (χ1) is 12.4. The molecule has 0 saturated carbocycles. The van der Waals surface area contributed by atoms with Crippen LogP contribution in [0.5, 0.6) is 0 Å². The number of hydrogen-bond donors (Lipinski definition) is 0. The molecule has 3 rings (SSSR count). The molecule has 0 atom stereocenters. The highest BCUT2D eigenvalue weighted by molar-refractivity contribution is 9.10. The van der Waals surface area contributed by atoms with E-state index >= 15 is 0 Å². The van der Waals surface area contributed by atoms with Gasteiger partial charge >= 0.3 is 0 Å². The number of halogens is 1. The normalized spacial score (nSPS) is 11.3. The number of aromatic nitrogens is 1. The molecule has 0 aliphatic heterocycles. The highest BCUT2D eigenvalue weighted by Crippen LogP contribution is 2.31. The third kappa shape index (κ3) is 4.50. The van der Waals surface area contributed by atoms with E-state index in [0.29, 0.717) is 12.1 Å². The van der Waals surface area contributed by atoms with Crippen LogP contribution in [-0.2, 0) is 0 Å². The first-order valence-corrected chi connectivity index (χ1v) is 10.1. The lowest BCUT2D eigenvalue weighted by molar-refractivity contribution is 0.0986. The number of hydrogen-bond acceptors (Lipinski definition) is 4. The van der Waals surface area contributed by atoms with Crippen LogP contribution >= 0.6 is 27.3 Å². The zero-order valence-electron chi connectivity index (χ0n) is 15.2. The summed E-state index contributed by atoms with van der Waals surface area (Å²) in [6, 6.07) is 13.7. The maximum Gasteiger partial charge on any atom is 0.260 e. The van der Waals surface area contributed by atoms with E-state index in [1.807, 2.05) is 68.4 Å². The number of benzene rings is 2. The summed E-state index contributed by atoms with van der Waals surface area (Å²) < 4.78 is 2.09. The Bertz CT molecular complexity index is 922. The summed E-state index contributed by atoms with van der Waals surface area (Å²) >= 11 is 5.06. The van der Waals surface area contributed by atoms with E-state index in [4.69, 9.17) is 4.98 Å². The minimum absolute atomic E-state index is 0.00516. The van der Waals surface area contributed by atoms with Gasteiger partial charge in [-0.05, 0) is 64.3 Å². The number of anilines is 1. The van der Waals surface area contributed by atoms with Crippen molar-refractivity contribution < 1.29 is 4.79 Å². The van der Waals surface area contributed by atoms with Gasteiger partial charge in [-0.2, -0.15) is 0 Å². The lowest BCUT2D eigenvalue weighted by Gasteiger charge is -2.21. The molecule has 1 heterocycles. The maximum absolute atomic E-state index is 13.2. The van der Waals surface area contributed by atoms with Crippen molar-refractivity contribution >= 4 is 48.5 Å². The molecule has 0 saturated heterocycles.